The molecule has 28 heteroatoms. The number of aliphatic carboxylic acids is 3. The molecule has 0 aliphatic heterocycles. The zero-order valence-electron chi connectivity index (χ0n) is 78.2. The van der Waals surface area contributed by atoms with E-state index in [9.17, 15) is 58.2 Å². The van der Waals surface area contributed by atoms with Gasteiger partial charge in [0.15, 0.2) is 0 Å². The molecule has 0 radical (unpaired) electrons. The number of rotatable bonds is 22. The zero-order chi connectivity index (χ0) is 91.9. The smallest absolute Gasteiger partial charge is 0.480 e. The SMILES string of the molecule is CC(C)(C)OC(=O)N[C@@](C)(CC1CCCCC1)C(=O)O.CC(C)(C)OC(=O)N[C@@](C)(CC1CCCCC1)C(N)=O.CC(C)(C)OC(=O)N[C@@](C)(Cc1ccccc1)C(=O)O.CC(C)(C)OC(=O)N[C@](C)(CN)CC1CCCCC1.CC(C)(C)OC(=O)OC(=O)OC(C)(C)C.CC[C@@](C)(N)CC1CCCCC1.C[C@](N)(CC1CCCCC1)C(=O)O. The lowest BCUT2D eigenvalue weighted by Crippen LogP contribution is -2.57. The molecule has 690 valence electrons. The fraction of sp³-hybridized carbons (Fsp3) is 0.824. The second-order valence-electron chi connectivity index (χ2n) is 41.2. The van der Waals surface area contributed by atoms with Gasteiger partial charge >= 0.3 is 54.6 Å². The first-order valence-corrected chi connectivity index (χ1v) is 43.8. The Hall–Kier alpha value is -7.20. The number of carboxylic acids is 3. The van der Waals surface area contributed by atoms with Crippen molar-refractivity contribution in [3.63, 3.8) is 0 Å². The van der Waals surface area contributed by atoms with Gasteiger partial charge in [0.25, 0.3) is 0 Å². The van der Waals surface area contributed by atoms with Crippen LogP contribution in [-0.4, -0.2) is 149 Å². The van der Waals surface area contributed by atoms with E-state index in [0.29, 0.717) is 49.5 Å². The normalized spacial score (nSPS) is 19.1. The summed E-state index contributed by atoms with van der Waals surface area (Å²) in [5, 5.41) is 38.3. The monoisotopic (exact) mass is 1690 g/mol. The van der Waals surface area contributed by atoms with E-state index in [-0.39, 0.29) is 23.6 Å². The summed E-state index contributed by atoms with van der Waals surface area (Å²) in [4.78, 5) is 115. The molecule has 6 atom stereocenters. The Balaban J connectivity index is 0.00000138. The Morgan fingerprint density at radius 2 is 0.622 bits per heavy atom. The molecule has 5 amide bonds. The van der Waals surface area contributed by atoms with Crippen LogP contribution in [0.3, 0.4) is 0 Å². The van der Waals surface area contributed by atoms with E-state index < -0.39 is 110 Å². The third-order valence-electron chi connectivity index (χ3n) is 20.9. The van der Waals surface area contributed by atoms with Crippen molar-refractivity contribution < 1.29 is 96.4 Å². The van der Waals surface area contributed by atoms with Crippen molar-refractivity contribution in [2.75, 3.05) is 6.54 Å². The molecule has 6 rings (SSSR count). The molecule has 5 saturated carbocycles. The highest BCUT2D eigenvalue weighted by molar-refractivity contribution is 5.88. The largest absolute Gasteiger partial charge is 0.519 e. The lowest BCUT2D eigenvalue weighted by atomic mass is 9.79. The summed E-state index contributed by atoms with van der Waals surface area (Å²) in [6, 6.07) is 9.13. The molecule has 0 bridgehead atoms. The number of carboxylic acid groups (broad SMARTS) is 3. The van der Waals surface area contributed by atoms with Gasteiger partial charge in [-0.25, -0.2) is 38.4 Å². The van der Waals surface area contributed by atoms with Crippen LogP contribution in [-0.2, 0) is 58.8 Å². The lowest BCUT2D eigenvalue weighted by molar-refractivity contribution is -0.145. The molecule has 15 N–H and O–H groups in total. The van der Waals surface area contributed by atoms with E-state index in [0.717, 1.165) is 75.7 Å². The van der Waals surface area contributed by atoms with Gasteiger partial charge in [0.05, 0.1) is 5.54 Å². The van der Waals surface area contributed by atoms with Crippen molar-refractivity contribution in [2.24, 2.45) is 52.5 Å². The van der Waals surface area contributed by atoms with Gasteiger partial charge in [0.1, 0.15) is 55.8 Å². The molecule has 5 aliphatic rings. The highest BCUT2D eigenvalue weighted by Crippen LogP contribution is 2.36. The standard InChI is InChI=1S/C15H28N2O3.C15H30N2O2.C15H27NO4.C15H21NO4.C11H23N.C10H19NO2.C10H18O5/c1-14(2,3)20-13(19)17-15(4,12(16)18)10-11-8-6-5-7-9-11;1-14(2,3)19-13(18)17-15(4,11-16)10-12-8-6-5-7-9-12;2*1-14(2,3)20-13(19)16-15(4,12(17)18)10-11-8-6-5-7-9-11;1-3-11(2,12)9-10-7-5-4-6-8-10;1-10(11,9(12)13)7-8-5-3-2-4-6-8;1-9(2,3)14-7(11)13-8(12)15-10(4,5)6/h11H,5-10H2,1-4H3,(H2,16,18)(H,17,19);12H,5-11,16H2,1-4H3,(H,17,18);11H,5-10H2,1-4H3,(H,16,19)(H,17,18);5-9H,10H2,1-4H3,(H,16,19)(H,17,18);10H,3-9,12H2,1-2H3;8H,2-7,11H2,1H3,(H,12,13);1-6H3/t4*15-;11-;10-;/m000010./s1. The van der Waals surface area contributed by atoms with Gasteiger partial charge in [-0.05, 0) is 240 Å². The minimum Gasteiger partial charge on any atom is -0.480 e. The molecular formula is C91H166N8O20. The van der Waals surface area contributed by atoms with Crippen molar-refractivity contribution in [3.8, 4) is 0 Å². The first-order valence-electron chi connectivity index (χ1n) is 43.8. The van der Waals surface area contributed by atoms with Crippen LogP contribution in [0.5, 0.6) is 0 Å². The molecule has 5 aliphatic carbocycles. The molecule has 119 heavy (non-hydrogen) atoms. The molecule has 5 fully saturated rings. The fourth-order valence-electron chi connectivity index (χ4n) is 14.8. The van der Waals surface area contributed by atoms with Crippen LogP contribution in [0.4, 0.5) is 28.8 Å². The second kappa shape index (κ2) is 51.0. The predicted octanol–water partition coefficient (Wildman–Crippen LogP) is 19.6. The molecule has 1 aromatic carbocycles. The summed E-state index contributed by atoms with van der Waals surface area (Å²) >= 11 is 0. The van der Waals surface area contributed by atoms with Crippen LogP contribution >= 0.6 is 0 Å². The summed E-state index contributed by atoms with van der Waals surface area (Å²) in [7, 11) is 0. The van der Waals surface area contributed by atoms with E-state index in [1.165, 1.54) is 122 Å². The molecular weight excluding hydrogens is 1530 g/mol. The molecule has 0 heterocycles. The third-order valence-corrected chi connectivity index (χ3v) is 20.9. The van der Waals surface area contributed by atoms with Crippen LogP contribution < -0.4 is 44.2 Å². The van der Waals surface area contributed by atoms with Gasteiger partial charge in [0.2, 0.25) is 5.91 Å². The lowest BCUT2D eigenvalue weighted by Gasteiger charge is -2.35. The summed E-state index contributed by atoms with van der Waals surface area (Å²) in [5.41, 5.74) is 15.3. The minimum absolute atomic E-state index is 0.0992. The highest BCUT2D eigenvalue weighted by atomic mass is 16.8. The van der Waals surface area contributed by atoms with Gasteiger partial charge in [0, 0.05) is 18.5 Å². The number of carbonyl (C=O) groups is 10. The van der Waals surface area contributed by atoms with Gasteiger partial charge in [-0.15, -0.1) is 0 Å². The quantitative estimate of drug-likeness (QED) is 0.0292. The maximum atomic E-state index is 11.9. The number of primary amides is 1. The third kappa shape index (κ3) is 54.7. The maximum Gasteiger partial charge on any atom is 0.519 e. The van der Waals surface area contributed by atoms with E-state index in [2.05, 4.69) is 39.9 Å². The van der Waals surface area contributed by atoms with E-state index in [1.807, 2.05) is 58.0 Å². The number of hydrogen-bond acceptors (Lipinski definition) is 20. The average molecular weight is 1690 g/mol. The average Bonchev–Trinajstić information content (AvgIpc) is 0.843. The van der Waals surface area contributed by atoms with Crippen molar-refractivity contribution in [3.05, 3.63) is 35.9 Å². The summed E-state index contributed by atoms with van der Waals surface area (Å²) in [6.45, 7) is 44.6. The van der Waals surface area contributed by atoms with Crippen LogP contribution in [0.2, 0.25) is 0 Å². The van der Waals surface area contributed by atoms with E-state index >= 15 is 0 Å². The molecule has 28 nitrogen and oxygen atoms in total. The van der Waals surface area contributed by atoms with Crippen LogP contribution in [0, 0.1) is 29.6 Å². The van der Waals surface area contributed by atoms with Gasteiger partial charge < -0.3 is 92.7 Å². The Labute approximate surface area is 715 Å². The number of hydrogen-bond donors (Lipinski definition) is 11. The Morgan fingerprint density at radius 1 is 0.353 bits per heavy atom. The number of amides is 5. The molecule has 0 unspecified atom stereocenters. The maximum absolute atomic E-state index is 11.9. The number of alkyl carbamates (subject to hydrolysis) is 4. The number of benzene rings is 1. The van der Waals surface area contributed by atoms with Gasteiger partial charge in [-0.1, -0.05) is 198 Å². The van der Waals surface area contributed by atoms with Crippen LogP contribution in [0.1, 0.15) is 378 Å². The topological polar surface area (TPSA) is 448 Å². The van der Waals surface area contributed by atoms with Crippen LogP contribution in [0.15, 0.2) is 30.3 Å². The summed E-state index contributed by atoms with van der Waals surface area (Å²) in [6.07, 6.45) is 31.8. The Morgan fingerprint density at radius 3 is 0.899 bits per heavy atom. The Kier molecular flexibility index (Phi) is 47.9. The fourth-order valence-corrected chi connectivity index (χ4v) is 14.8. The van der Waals surface area contributed by atoms with Crippen molar-refractivity contribution in [1.29, 1.82) is 0 Å². The van der Waals surface area contributed by atoms with Crippen molar-refractivity contribution in [1.82, 2.24) is 21.3 Å². The summed E-state index contributed by atoms with van der Waals surface area (Å²) in [5.74, 6) is -0.560. The first kappa shape index (κ1) is 112. The number of nitrogens with two attached hydrogens (primary N) is 4. The summed E-state index contributed by atoms with van der Waals surface area (Å²) < 4.78 is 34.6. The van der Waals surface area contributed by atoms with E-state index in [1.54, 1.807) is 125 Å². The van der Waals surface area contributed by atoms with Crippen molar-refractivity contribution >= 4 is 60.5 Å². The Bertz CT molecular complexity index is 3090. The van der Waals surface area contributed by atoms with Gasteiger partial charge in [-0.2, -0.15) is 0 Å². The first-order chi connectivity index (χ1) is 54.3. The number of carbonyl (C=O) groups excluding carboxylic acids is 7. The van der Waals surface area contributed by atoms with Crippen LogP contribution in [0.25, 0.3) is 0 Å². The zero-order valence-corrected chi connectivity index (χ0v) is 78.2. The van der Waals surface area contributed by atoms with E-state index in [4.69, 9.17) is 56.5 Å². The molecule has 0 aromatic heterocycles. The molecule has 0 spiro atoms. The number of nitrogens with one attached hydrogen (secondary N) is 4. The molecule has 0 saturated heterocycles. The highest BCUT2D eigenvalue weighted by Gasteiger charge is 2.42. The minimum atomic E-state index is -1.41. The molecule has 1 aromatic rings. The number of ether oxygens (including phenoxy) is 7. The van der Waals surface area contributed by atoms with Crippen molar-refractivity contribution in [2.45, 2.75) is 445 Å². The van der Waals surface area contributed by atoms with Gasteiger partial charge in [-0.3, -0.25) is 9.59 Å². The second-order valence-corrected chi connectivity index (χ2v) is 41.2. The predicted molar refractivity (Wildman–Crippen MR) is 467 cm³/mol.